The molecule has 1 amide bonds. The van der Waals surface area contributed by atoms with Crippen LogP contribution in [0.3, 0.4) is 0 Å². The van der Waals surface area contributed by atoms with Gasteiger partial charge in [0, 0.05) is 22.9 Å². The van der Waals surface area contributed by atoms with Gasteiger partial charge in [-0.15, -0.1) is 0 Å². The van der Waals surface area contributed by atoms with Gasteiger partial charge in [-0.1, -0.05) is 66.7 Å². The van der Waals surface area contributed by atoms with E-state index < -0.39 is 0 Å². The smallest absolute Gasteiger partial charge is 0.262 e. The molecular weight excluding hydrogens is 454 g/mol. The Balaban J connectivity index is 1.64. The van der Waals surface area contributed by atoms with Crippen molar-refractivity contribution >= 4 is 40.2 Å². The van der Waals surface area contributed by atoms with Gasteiger partial charge in [0.1, 0.15) is 0 Å². The highest BCUT2D eigenvalue weighted by molar-refractivity contribution is 7.98. The van der Waals surface area contributed by atoms with Gasteiger partial charge in [0.25, 0.3) is 11.5 Å². The maximum atomic E-state index is 13.3. The average Bonchev–Trinajstić information content (AvgIpc) is 2.83. The van der Waals surface area contributed by atoms with Crippen LogP contribution in [0.4, 0.5) is 0 Å². The number of halogens is 1. The van der Waals surface area contributed by atoms with Crippen molar-refractivity contribution in [3.05, 3.63) is 105 Å². The first-order valence-corrected chi connectivity index (χ1v) is 12.2. The van der Waals surface area contributed by atoms with E-state index >= 15 is 0 Å². The van der Waals surface area contributed by atoms with Gasteiger partial charge in [0.2, 0.25) is 0 Å². The van der Waals surface area contributed by atoms with Gasteiger partial charge in [-0.2, -0.15) is 0 Å². The van der Waals surface area contributed by atoms with E-state index in [1.165, 1.54) is 11.8 Å². The lowest BCUT2D eigenvalue weighted by molar-refractivity contribution is 0.0953. The molecule has 5 nitrogen and oxygen atoms in total. The number of aromatic nitrogens is 2. The van der Waals surface area contributed by atoms with Gasteiger partial charge in [-0.05, 0) is 53.9 Å². The maximum Gasteiger partial charge on any atom is 0.262 e. The zero-order valence-electron chi connectivity index (χ0n) is 18.3. The van der Waals surface area contributed by atoms with Crippen LogP contribution in [0.25, 0.3) is 10.9 Å². The topological polar surface area (TPSA) is 64.0 Å². The fraction of sp³-hybridized carbons (Fsp3) is 0.192. The molecule has 4 rings (SSSR count). The number of nitrogens with one attached hydrogen (secondary N) is 1. The predicted octanol–water partition coefficient (Wildman–Crippen LogP) is 5.53. The van der Waals surface area contributed by atoms with Gasteiger partial charge in [-0.25, -0.2) is 4.98 Å². The number of nitrogens with zero attached hydrogens (tertiary/aromatic N) is 2. The Labute approximate surface area is 201 Å². The molecule has 0 saturated heterocycles. The van der Waals surface area contributed by atoms with E-state index in [-0.39, 0.29) is 11.5 Å². The number of rotatable bonds is 8. The lowest BCUT2D eigenvalue weighted by atomic mass is 10.1. The predicted molar refractivity (Wildman–Crippen MR) is 135 cm³/mol. The Morgan fingerprint density at radius 2 is 1.82 bits per heavy atom. The van der Waals surface area contributed by atoms with Crippen LogP contribution in [0.15, 0.2) is 82.7 Å². The average molecular weight is 478 g/mol. The standard InChI is InChI=1S/C26H24ClN3O2S/c1-2-14-28-24(31)20-12-10-18(11-13-20)16-30-25(32)22-8-3-4-9-23(22)29-26(30)33-17-19-6-5-7-21(27)15-19/h3-13,15H,2,14,16-17H2,1H3,(H,28,31). The second-order valence-corrected chi connectivity index (χ2v) is 9.05. The number of carbonyl (C=O) groups is 1. The molecule has 1 heterocycles. The van der Waals surface area contributed by atoms with Crippen molar-refractivity contribution in [2.24, 2.45) is 0 Å². The van der Waals surface area contributed by atoms with E-state index in [1.54, 1.807) is 22.8 Å². The summed E-state index contributed by atoms with van der Waals surface area (Å²) in [7, 11) is 0. The summed E-state index contributed by atoms with van der Waals surface area (Å²) in [5.74, 6) is 0.549. The molecule has 0 aliphatic carbocycles. The van der Waals surface area contributed by atoms with Crippen molar-refractivity contribution in [3.8, 4) is 0 Å². The highest BCUT2D eigenvalue weighted by Crippen LogP contribution is 2.24. The second kappa shape index (κ2) is 10.7. The van der Waals surface area contributed by atoms with E-state index in [9.17, 15) is 9.59 Å². The van der Waals surface area contributed by atoms with Gasteiger partial charge < -0.3 is 5.32 Å². The van der Waals surface area contributed by atoms with Gasteiger partial charge in [0.05, 0.1) is 17.4 Å². The number of hydrogen-bond acceptors (Lipinski definition) is 4. The molecule has 168 valence electrons. The second-order valence-electron chi connectivity index (χ2n) is 7.67. The van der Waals surface area contributed by atoms with E-state index in [2.05, 4.69) is 5.32 Å². The number of benzene rings is 3. The lowest BCUT2D eigenvalue weighted by Crippen LogP contribution is -2.25. The molecule has 0 radical (unpaired) electrons. The van der Waals surface area contributed by atoms with Crippen LogP contribution >= 0.6 is 23.4 Å². The number of thioether (sulfide) groups is 1. The molecular formula is C26H24ClN3O2S. The Morgan fingerprint density at radius 1 is 1.03 bits per heavy atom. The molecule has 0 bridgehead atoms. The van der Waals surface area contributed by atoms with Crippen molar-refractivity contribution < 1.29 is 4.79 Å². The molecule has 3 aromatic carbocycles. The summed E-state index contributed by atoms with van der Waals surface area (Å²) in [5.41, 5.74) is 3.18. The first-order valence-electron chi connectivity index (χ1n) is 10.8. The Morgan fingerprint density at radius 3 is 2.58 bits per heavy atom. The highest BCUT2D eigenvalue weighted by Gasteiger charge is 2.13. The van der Waals surface area contributed by atoms with E-state index in [1.807, 2.05) is 61.5 Å². The third-order valence-corrected chi connectivity index (χ3v) is 6.46. The molecule has 0 saturated carbocycles. The van der Waals surface area contributed by atoms with Gasteiger partial charge in [-0.3, -0.25) is 14.2 Å². The first kappa shape index (κ1) is 23.1. The Kier molecular flexibility index (Phi) is 7.47. The third-order valence-electron chi connectivity index (χ3n) is 5.18. The van der Waals surface area contributed by atoms with Gasteiger partial charge >= 0.3 is 0 Å². The molecule has 0 unspecified atom stereocenters. The van der Waals surface area contributed by atoms with Crippen molar-refractivity contribution in [2.45, 2.75) is 30.8 Å². The third kappa shape index (κ3) is 5.64. The largest absolute Gasteiger partial charge is 0.352 e. The van der Waals surface area contributed by atoms with Crippen molar-refractivity contribution in [1.29, 1.82) is 0 Å². The number of carbonyl (C=O) groups excluding carboxylic acids is 1. The number of fused-ring (bicyclic) bond motifs is 1. The minimum Gasteiger partial charge on any atom is -0.352 e. The summed E-state index contributed by atoms with van der Waals surface area (Å²) in [4.78, 5) is 30.3. The van der Waals surface area contributed by atoms with E-state index in [0.29, 0.717) is 45.5 Å². The zero-order valence-corrected chi connectivity index (χ0v) is 19.8. The normalized spacial score (nSPS) is 11.0. The molecule has 1 aromatic heterocycles. The Hall–Kier alpha value is -3.09. The summed E-state index contributed by atoms with van der Waals surface area (Å²) in [5, 5.41) is 4.78. The van der Waals surface area contributed by atoms with Crippen LogP contribution in [-0.4, -0.2) is 22.0 Å². The van der Waals surface area contributed by atoms with Crippen molar-refractivity contribution in [3.63, 3.8) is 0 Å². The number of amides is 1. The molecule has 0 atom stereocenters. The fourth-order valence-corrected chi connectivity index (χ4v) is 4.61. The number of para-hydroxylation sites is 1. The summed E-state index contributed by atoms with van der Waals surface area (Å²) < 4.78 is 1.70. The summed E-state index contributed by atoms with van der Waals surface area (Å²) in [6.45, 7) is 3.03. The molecule has 33 heavy (non-hydrogen) atoms. The van der Waals surface area contributed by atoms with Crippen LogP contribution in [-0.2, 0) is 12.3 Å². The van der Waals surface area contributed by atoms with Gasteiger partial charge in [0.15, 0.2) is 5.16 Å². The quantitative estimate of drug-likeness (QED) is 0.267. The van der Waals surface area contributed by atoms with E-state index in [4.69, 9.17) is 16.6 Å². The molecule has 7 heteroatoms. The molecule has 0 aliphatic heterocycles. The molecule has 0 aliphatic rings. The molecule has 1 N–H and O–H groups in total. The minimum absolute atomic E-state index is 0.0843. The van der Waals surface area contributed by atoms with Crippen LogP contribution in [0, 0.1) is 0 Å². The van der Waals surface area contributed by atoms with Crippen molar-refractivity contribution in [2.75, 3.05) is 6.54 Å². The molecule has 0 spiro atoms. The summed E-state index contributed by atoms with van der Waals surface area (Å²) in [6.07, 6.45) is 0.886. The fourth-order valence-electron chi connectivity index (χ4n) is 3.46. The Bertz CT molecular complexity index is 1340. The first-order chi connectivity index (χ1) is 16.0. The SMILES string of the molecule is CCCNC(=O)c1ccc(Cn2c(SCc3cccc(Cl)c3)nc3ccccc3c2=O)cc1. The van der Waals surface area contributed by atoms with Crippen LogP contribution in [0.5, 0.6) is 0 Å². The van der Waals surface area contributed by atoms with E-state index in [0.717, 1.165) is 17.5 Å². The highest BCUT2D eigenvalue weighted by atomic mass is 35.5. The summed E-state index contributed by atoms with van der Waals surface area (Å²) in [6, 6.07) is 22.4. The van der Waals surface area contributed by atoms with Crippen LogP contribution in [0.1, 0.15) is 34.8 Å². The lowest BCUT2D eigenvalue weighted by Gasteiger charge is -2.14. The number of hydrogen-bond donors (Lipinski definition) is 1. The van der Waals surface area contributed by atoms with Crippen LogP contribution < -0.4 is 10.9 Å². The maximum absolute atomic E-state index is 13.3. The van der Waals surface area contributed by atoms with Crippen LogP contribution in [0.2, 0.25) is 5.02 Å². The molecule has 0 fully saturated rings. The zero-order chi connectivity index (χ0) is 23.2. The minimum atomic E-state index is -0.0919. The summed E-state index contributed by atoms with van der Waals surface area (Å²) >= 11 is 7.63. The van der Waals surface area contributed by atoms with Crippen molar-refractivity contribution in [1.82, 2.24) is 14.9 Å². The molecule has 4 aromatic rings. The monoisotopic (exact) mass is 477 g/mol.